The zero-order valence-electron chi connectivity index (χ0n) is 10.2. The smallest absolute Gasteiger partial charge is 0.251 e. The van der Waals surface area contributed by atoms with Crippen molar-refractivity contribution in [2.24, 2.45) is 5.92 Å². The monoisotopic (exact) mass is 329 g/mol. The highest BCUT2D eigenvalue weighted by Gasteiger charge is 2.25. The standard InChI is InChI=1S/C14H17BrClNO/c15-9-11-3-1-2-4-13(11)17-14(18)10-5-7-12(16)8-6-10/h5-8,11,13H,1-4,9H2,(H,17,18). The molecule has 0 spiro atoms. The number of halogens is 2. The molecule has 0 heterocycles. The maximum absolute atomic E-state index is 12.1. The fraction of sp³-hybridized carbons (Fsp3) is 0.500. The van der Waals surface area contributed by atoms with E-state index in [4.69, 9.17) is 11.6 Å². The molecule has 2 atom stereocenters. The quantitative estimate of drug-likeness (QED) is 0.833. The predicted molar refractivity (Wildman–Crippen MR) is 78.5 cm³/mol. The van der Waals surface area contributed by atoms with Gasteiger partial charge in [0, 0.05) is 22.0 Å². The van der Waals surface area contributed by atoms with E-state index in [0.29, 0.717) is 22.5 Å². The van der Waals surface area contributed by atoms with Crippen molar-refractivity contribution in [3.05, 3.63) is 34.9 Å². The highest BCUT2D eigenvalue weighted by atomic mass is 79.9. The molecule has 1 aliphatic carbocycles. The summed E-state index contributed by atoms with van der Waals surface area (Å²) in [5.74, 6) is 0.555. The molecule has 2 unspecified atom stereocenters. The summed E-state index contributed by atoms with van der Waals surface area (Å²) in [6.07, 6.45) is 4.74. The lowest BCUT2D eigenvalue weighted by Crippen LogP contribution is -2.42. The Kier molecular flexibility index (Phi) is 5.07. The van der Waals surface area contributed by atoms with Crippen LogP contribution in [0.15, 0.2) is 24.3 Å². The molecule has 18 heavy (non-hydrogen) atoms. The molecule has 1 aliphatic rings. The Morgan fingerprint density at radius 1 is 1.28 bits per heavy atom. The lowest BCUT2D eigenvalue weighted by Gasteiger charge is -2.31. The van der Waals surface area contributed by atoms with Crippen LogP contribution < -0.4 is 5.32 Å². The average Bonchev–Trinajstić information content (AvgIpc) is 2.40. The van der Waals surface area contributed by atoms with Crippen LogP contribution in [0.5, 0.6) is 0 Å². The van der Waals surface area contributed by atoms with Gasteiger partial charge in [-0.05, 0) is 43.0 Å². The van der Waals surface area contributed by atoms with Gasteiger partial charge in [0.15, 0.2) is 0 Å². The van der Waals surface area contributed by atoms with Crippen molar-refractivity contribution in [1.82, 2.24) is 5.32 Å². The minimum Gasteiger partial charge on any atom is -0.349 e. The lowest BCUT2D eigenvalue weighted by molar-refractivity contribution is 0.0911. The Bertz CT molecular complexity index is 407. The topological polar surface area (TPSA) is 29.1 Å². The summed E-state index contributed by atoms with van der Waals surface area (Å²) in [6, 6.07) is 7.33. The maximum atomic E-state index is 12.1. The Morgan fingerprint density at radius 3 is 2.61 bits per heavy atom. The SMILES string of the molecule is O=C(NC1CCCCC1CBr)c1ccc(Cl)cc1. The van der Waals surface area contributed by atoms with Crippen LogP contribution in [0.3, 0.4) is 0 Å². The second kappa shape index (κ2) is 6.58. The zero-order chi connectivity index (χ0) is 13.0. The van der Waals surface area contributed by atoms with Gasteiger partial charge in [-0.3, -0.25) is 4.79 Å². The Balaban J connectivity index is 1.99. The third-order valence-electron chi connectivity index (χ3n) is 3.53. The molecule has 1 N–H and O–H groups in total. The van der Waals surface area contributed by atoms with Crippen molar-refractivity contribution >= 4 is 33.4 Å². The highest BCUT2D eigenvalue weighted by Crippen LogP contribution is 2.26. The number of benzene rings is 1. The van der Waals surface area contributed by atoms with E-state index in [1.807, 2.05) is 0 Å². The Labute approximate surface area is 121 Å². The minimum atomic E-state index is 0.00418. The number of amides is 1. The molecule has 0 saturated heterocycles. The molecule has 0 radical (unpaired) electrons. The van der Waals surface area contributed by atoms with E-state index in [9.17, 15) is 4.79 Å². The summed E-state index contributed by atoms with van der Waals surface area (Å²) in [5.41, 5.74) is 0.679. The van der Waals surface area contributed by atoms with Crippen LogP contribution in [0.2, 0.25) is 5.02 Å². The van der Waals surface area contributed by atoms with Crippen LogP contribution in [0, 0.1) is 5.92 Å². The fourth-order valence-corrected chi connectivity index (χ4v) is 3.34. The predicted octanol–water partition coefficient (Wildman–Crippen LogP) is 4.02. The first-order chi connectivity index (χ1) is 8.70. The van der Waals surface area contributed by atoms with E-state index >= 15 is 0 Å². The summed E-state index contributed by atoms with van der Waals surface area (Å²) in [7, 11) is 0. The largest absolute Gasteiger partial charge is 0.349 e. The van der Waals surface area contributed by atoms with Gasteiger partial charge in [-0.25, -0.2) is 0 Å². The minimum absolute atomic E-state index is 0.00418. The number of hydrogen-bond acceptors (Lipinski definition) is 1. The van der Waals surface area contributed by atoms with Gasteiger partial charge in [0.25, 0.3) is 5.91 Å². The van der Waals surface area contributed by atoms with Crippen LogP contribution >= 0.6 is 27.5 Å². The summed E-state index contributed by atoms with van der Waals surface area (Å²) in [6.45, 7) is 0. The number of alkyl halides is 1. The molecule has 0 bridgehead atoms. The van der Waals surface area contributed by atoms with Crippen LogP contribution in [0.25, 0.3) is 0 Å². The van der Waals surface area contributed by atoms with Gasteiger partial charge in [-0.2, -0.15) is 0 Å². The zero-order valence-corrected chi connectivity index (χ0v) is 12.5. The summed E-state index contributed by atoms with van der Waals surface area (Å²) >= 11 is 9.35. The van der Waals surface area contributed by atoms with Gasteiger partial charge >= 0.3 is 0 Å². The van der Waals surface area contributed by atoms with Gasteiger partial charge < -0.3 is 5.32 Å². The van der Waals surface area contributed by atoms with E-state index in [0.717, 1.165) is 11.8 Å². The first-order valence-electron chi connectivity index (χ1n) is 6.33. The third-order valence-corrected chi connectivity index (χ3v) is 4.61. The van der Waals surface area contributed by atoms with Crippen LogP contribution in [0.1, 0.15) is 36.0 Å². The van der Waals surface area contributed by atoms with Crippen LogP contribution in [-0.4, -0.2) is 17.3 Å². The fourth-order valence-electron chi connectivity index (χ4n) is 2.44. The second-order valence-electron chi connectivity index (χ2n) is 4.79. The molecule has 0 aromatic heterocycles. The molecule has 4 heteroatoms. The average molecular weight is 331 g/mol. The van der Waals surface area contributed by atoms with E-state index in [-0.39, 0.29) is 5.91 Å². The first-order valence-corrected chi connectivity index (χ1v) is 7.83. The first kappa shape index (κ1) is 13.9. The van der Waals surface area contributed by atoms with Gasteiger partial charge in [-0.15, -0.1) is 0 Å². The molecular weight excluding hydrogens is 314 g/mol. The van der Waals surface area contributed by atoms with Gasteiger partial charge in [0.2, 0.25) is 0 Å². The molecule has 2 rings (SSSR count). The Morgan fingerprint density at radius 2 is 1.94 bits per heavy atom. The number of rotatable bonds is 3. The summed E-state index contributed by atoms with van der Waals surface area (Å²) in [5, 5.41) is 4.76. The van der Waals surface area contributed by atoms with Crippen molar-refractivity contribution in [2.45, 2.75) is 31.7 Å². The molecule has 98 valence electrons. The van der Waals surface area contributed by atoms with Crippen LogP contribution in [0.4, 0.5) is 0 Å². The maximum Gasteiger partial charge on any atom is 0.251 e. The lowest BCUT2D eigenvalue weighted by atomic mass is 9.86. The Hall–Kier alpha value is -0.540. The number of hydrogen-bond donors (Lipinski definition) is 1. The van der Waals surface area contributed by atoms with Crippen molar-refractivity contribution in [3.63, 3.8) is 0 Å². The highest BCUT2D eigenvalue weighted by molar-refractivity contribution is 9.09. The van der Waals surface area contributed by atoms with Crippen molar-refractivity contribution in [1.29, 1.82) is 0 Å². The van der Waals surface area contributed by atoms with Crippen molar-refractivity contribution in [3.8, 4) is 0 Å². The number of carbonyl (C=O) groups is 1. The van der Waals surface area contributed by atoms with E-state index in [1.54, 1.807) is 24.3 Å². The molecule has 2 nitrogen and oxygen atoms in total. The molecule has 0 aliphatic heterocycles. The number of carbonyl (C=O) groups excluding carboxylic acids is 1. The molecule has 1 aromatic rings. The van der Waals surface area contributed by atoms with E-state index in [1.165, 1.54) is 19.3 Å². The van der Waals surface area contributed by atoms with Gasteiger partial charge in [0.1, 0.15) is 0 Å². The molecule has 1 aromatic carbocycles. The molecule has 1 amide bonds. The van der Waals surface area contributed by atoms with E-state index in [2.05, 4.69) is 21.2 Å². The molecule has 1 saturated carbocycles. The summed E-state index contributed by atoms with van der Waals surface area (Å²) < 4.78 is 0. The second-order valence-corrected chi connectivity index (χ2v) is 5.87. The molecule has 1 fully saturated rings. The van der Waals surface area contributed by atoms with Crippen LogP contribution in [-0.2, 0) is 0 Å². The van der Waals surface area contributed by atoms with Gasteiger partial charge in [-0.1, -0.05) is 40.4 Å². The third kappa shape index (κ3) is 3.48. The molecular formula is C14H17BrClNO. The van der Waals surface area contributed by atoms with Crippen molar-refractivity contribution in [2.75, 3.05) is 5.33 Å². The normalized spacial score (nSPS) is 23.7. The van der Waals surface area contributed by atoms with Crippen molar-refractivity contribution < 1.29 is 4.79 Å². The van der Waals surface area contributed by atoms with E-state index < -0.39 is 0 Å². The number of nitrogens with one attached hydrogen (secondary N) is 1. The van der Waals surface area contributed by atoms with Gasteiger partial charge in [0.05, 0.1) is 0 Å². The summed E-state index contributed by atoms with van der Waals surface area (Å²) in [4.78, 5) is 12.1.